The summed E-state index contributed by atoms with van der Waals surface area (Å²) in [6.07, 6.45) is 7.61. The zero-order chi connectivity index (χ0) is 9.56. The average molecular weight is 164 g/mol. The van der Waals surface area contributed by atoms with E-state index in [1.165, 1.54) is 16.7 Å². The highest BCUT2D eigenvalue weighted by atomic mass is 13.9. The van der Waals surface area contributed by atoms with E-state index in [0.717, 1.165) is 6.42 Å². The summed E-state index contributed by atoms with van der Waals surface area (Å²) in [5.74, 6) is 0. The van der Waals surface area contributed by atoms with Gasteiger partial charge < -0.3 is 0 Å². The van der Waals surface area contributed by atoms with E-state index in [4.69, 9.17) is 0 Å². The van der Waals surface area contributed by atoms with Crippen molar-refractivity contribution in [1.82, 2.24) is 0 Å². The van der Waals surface area contributed by atoms with Gasteiger partial charge in [0.15, 0.2) is 0 Å². The molecular weight excluding hydrogens is 144 g/mol. The first-order valence-corrected chi connectivity index (χ1v) is 4.59. The summed E-state index contributed by atoms with van der Waals surface area (Å²) in [4.78, 5) is 0. The third-order valence-electron chi connectivity index (χ3n) is 2.26. The van der Waals surface area contributed by atoms with Gasteiger partial charge in [-0.2, -0.15) is 0 Å². The van der Waals surface area contributed by atoms with E-state index in [2.05, 4.69) is 52.8 Å². The Kier molecular flexibility index (Phi) is 5.44. The Morgan fingerprint density at radius 1 is 1.08 bits per heavy atom. The molecule has 0 aromatic heterocycles. The molecular formula is C12H20. The number of hydrogen-bond acceptors (Lipinski definition) is 0. The van der Waals surface area contributed by atoms with Crippen LogP contribution in [0.25, 0.3) is 0 Å². The van der Waals surface area contributed by atoms with Crippen LogP contribution in [0.3, 0.4) is 0 Å². The quantitative estimate of drug-likeness (QED) is 0.547. The molecule has 0 nitrogen and oxygen atoms in total. The van der Waals surface area contributed by atoms with Crippen LogP contribution in [0.5, 0.6) is 0 Å². The maximum atomic E-state index is 2.19. The van der Waals surface area contributed by atoms with Crippen molar-refractivity contribution in [3.8, 4) is 0 Å². The molecule has 0 saturated carbocycles. The van der Waals surface area contributed by atoms with Crippen LogP contribution in [-0.2, 0) is 0 Å². The summed E-state index contributed by atoms with van der Waals surface area (Å²) in [7, 11) is 0. The molecule has 0 heteroatoms. The Morgan fingerprint density at radius 3 is 2.08 bits per heavy atom. The molecule has 0 radical (unpaired) electrons. The van der Waals surface area contributed by atoms with Crippen LogP contribution in [0, 0.1) is 0 Å². The van der Waals surface area contributed by atoms with Gasteiger partial charge >= 0.3 is 0 Å². The molecule has 0 aromatic rings. The first-order valence-electron chi connectivity index (χ1n) is 4.59. The predicted octanol–water partition coefficient (Wildman–Crippen LogP) is 4.26. The van der Waals surface area contributed by atoms with E-state index in [9.17, 15) is 0 Å². The third-order valence-corrected chi connectivity index (χ3v) is 2.26. The average Bonchev–Trinajstić information content (AvgIpc) is 2.11. The summed E-state index contributed by atoms with van der Waals surface area (Å²) in [5.41, 5.74) is 4.17. The molecule has 0 aliphatic heterocycles. The highest BCUT2D eigenvalue weighted by molar-refractivity contribution is 5.28. The number of allylic oxidation sites excluding steroid dienone is 6. The normalized spacial score (nSPS) is 15.2. The predicted molar refractivity (Wildman–Crippen MR) is 57.2 cm³/mol. The van der Waals surface area contributed by atoms with Crippen LogP contribution in [0.1, 0.15) is 41.0 Å². The molecule has 0 heterocycles. The maximum absolute atomic E-state index is 2.19. The van der Waals surface area contributed by atoms with Crippen LogP contribution in [-0.4, -0.2) is 0 Å². The molecule has 0 bridgehead atoms. The lowest BCUT2D eigenvalue weighted by molar-refractivity contribution is 1.07. The monoisotopic (exact) mass is 164 g/mol. The maximum Gasteiger partial charge on any atom is -0.0346 e. The molecule has 0 spiro atoms. The second-order valence-electron chi connectivity index (χ2n) is 3.18. The minimum atomic E-state index is 1.14. The molecule has 0 unspecified atom stereocenters. The smallest absolute Gasteiger partial charge is 0.0346 e. The van der Waals surface area contributed by atoms with E-state index in [1.54, 1.807) is 0 Å². The van der Waals surface area contributed by atoms with E-state index in [1.807, 2.05) is 0 Å². The molecule has 0 aliphatic rings. The van der Waals surface area contributed by atoms with E-state index >= 15 is 0 Å². The summed E-state index contributed by atoms with van der Waals surface area (Å²) in [6, 6.07) is 0. The van der Waals surface area contributed by atoms with Crippen LogP contribution in [0.4, 0.5) is 0 Å². The van der Waals surface area contributed by atoms with Gasteiger partial charge in [-0.25, -0.2) is 0 Å². The molecule has 0 N–H and O–H groups in total. The van der Waals surface area contributed by atoms with Gasteiger partial charge in [-0.15, -0.1) is 0 Å². The van der Waals surface area contributed by atoms with Crippen molar-refractivity contribution < 1.29 is 0 Å². The van der Waals surface area contributed by atoms with Crippen molar-refractivity contribution in [2.75, 3.05) is 0 Å². The fraction of sp³-hybridized carbons (Fsp3) is 0.500. The highest BCUT2D eigenvalue weighted by Gasteiger charge is 1.88. The summed E-state index contributed by atoms with van der Waals surface area (Å²) < 4.78 is 0. The Balaban J connectivity index is 4.36. The number of rotatable bonds is 3. The van der Waals surface area contributed by atoms with Crippen molar-refractivity contribution in [2.45, 2.75) is 41.0 Å². The third kappa shape index (κ3) is 4.17. The standard InChI is InChI=1S/C12H20/c1-6-10(3)8-9-12(5)11(4)7-2/h6,8-9H,7H2,1-5H3/b9-8-,10-6-,12-11-. The van der Waals surface area contributed by atoms with Gasteiger partial charge in [0, 0.05) is 0 Å². The molecule has 12 heavy (non-hydrogen) atoms. The molecule has 0 aliphatic carbocycles. The molecule has 0 aromatic carbocycles. The van der Waals surface area contributed by atoms with Crippen molar-refractivity contribution >= 4 is 0 Å². The SMILES string of the molecule is C\C=C(C)/C=C\C(C)=C(\C)CC. The highest BCUT2D eigenvalue weighted by Crippen LogP contribution is 2.09. The fourth-order valence-corrected chi connectivity index (χ4v) is 0.774. The fourth-order valence-electron chi connectivity index (χ4n) is 0.774. The Morgan fingerprint density at radius 2 is 1.67 bits per heavy atom. The molecule has 0 rings (SSSR count). The summed E-state index contributed by atoms with van der Waals surface area (Å²) >= 11 is 0. The van der Waals surface area contributed by atoms with E-state index in [0.29, 0.717) is 0 Å². The Labute approximate surface area is 76.7 Å². The number of hydrogen-bond donors (Lipinski definition) is 0. The lowest BCUT2D eigenvalue weighted by Crippen LogP contribution is -1.78. The topological polar surface area (TPSA) is 0 Å². The largest absolute Gasteiger partial charge is 0.0847 e. The zero-order valence-electron chi connectivity index (χ0n) is 8.94. The van der Waals surface area contributed by atoms with Crippen molar-refractivity contribution in [1.29, 1.82) is 0 Å². The van der Waals surface area contributed by atoms with Gasteiger partial charge in [0.2, 0.25) is 0 Å². The summed E-state index contributed by atoms with van der Waals surface area (Å²) in [5, 5.41) is 0. The van der Waals surface area contributed by atoms with Gasteiger partial charge in [0.05, 0.1) is 0 Å². The van der Waals surface area contributed by atoms with Crippen LogP contribution in [0.2, 0.25) is 0 Å². The van der Waals surface area contributed by atoms with Gasteiger partial charge in [0.1, 0.15) is 0 Å². The van der Waals surface area contributed by atoms with Gasteiger partial charge in [-0.3, -0.25) is 0 Å². The second-order valence-corrected chi connectivity index (χ2v) is 3.18. The van der Waals surface area contributed by atoms with Crippen LogP contribution in [0.15, 0.2) is 34.9 Å². The molecule has 0 amide bonds. The Bertz CT molecular complexity index is 214. The first-order chi connectivity index (χ1) is 5.61. The van der Waals surface area contributed by atoms with E-state index in [-0.39, 0.29) is 0 Å². The van der Waals surface area contributed by atoms with Gasteiger partial charge in [0.25, 0.3) is 0 Å². The lowest BCUT2D eigenvalue weighted by Gasteiger charge is -1.98. The molecule has 0 saturated heterocycles. The zero-order valence-corrected chi connectivity index (χ0v) is 8.94. The van der Waals surface area contributed by atoms with Crippen LogP contribution >= 0.6 is 0 Å². The summed E-state index contributed by atoms with van der Waals surface area (Å²) in [6.45, 7) is 10.7. The minimum absolute atomic E-state index is 1.14. The first kappa shape index (κ1) is 11.2. The molecule has 0 fully saturated rings. The molecule has 0 atom stereocenters. The van der Waals surface area contributed by atoms with Crippen LogP contribution < -0.4 is 0 Å². The molecule has 68 valence electrons. The minimum Gasteiger partial charge on any atom is -0.0847 e. The van der Waals surface area contributed by atoms with Gasteiger partial charge in [-0.1, -0.05) is 41.9 Å². The van der Waals surface area contributed by atoms with Crippen molar-refractivity contribution in [3.63, 3.8) is 0 Å². The van der Waals surface area contributed by atoms with Crippen molar-refractivity contribution in [3.05, 3.63) is 34.9 Å². The van der Waals surface area contributed by atoms with E-state index < -0.39 is 0 Å². The Hall–Kier alpha value is -0.780. The lowest BCUT2D eigenvalue weighted by atomic mass is 10.1. The second kappa shape index (κ2) is 5.82. The van der Waals surface area contributed by atoms with Gasteiger partial charge in [-0.05, 0) is 34.1 Å². The van der Waals surface area contributed by atoms with Crippen molar-refractivity contribution in [2.24, 2.45) is 0 Å².